The van der Waals surface area contributed by atoms with Crippen LogP contribution in [-0.4, -0.2) is 55.7 Å². The lowest BCUT2D eigenvalue weighted by molar-refractivity contribution is -0.140. The number of amides is 1. The van der Waals surface area contributed by atoms with Crippen LogP contribution in [0, 0.1) is 0 Å². The van der Waals surface area contributed by atoms with E-state index in [1.165, 1.54) is 31.3 Å². The van der Waals surface area contributed by atoms with E-state index in [0.717, 1.165) is 0 Å². The Bertz CT molecular complexity index is 1110. The minimum absolute atomic E-state index is 0.101. The Labute approximate surface area is 201 Å². The number of hydrogen-bond acceptors (Lipinski definition) is 6. The number of nitrogens with zero attached hydrogens (tertiary/aromatic N) is 1. The zero-order valence-corrected chi connectivity index (χ0v) is 19.7. The smallest absolute Gasteiger partial charge is 0.295 e. The number of ether oxygens (including phenoxy) is 3. The standard InChI is InChI=1S/C24H23Cl2NO6/c1-4-9-33-16-7-5-6-14(11-16)20-19(22(29)24(30)27(20)8-10-31-2)21(28)17-12-15(25)13-18(26)23(17)32-3/h4-7,11-13,20,28H,1,8-10H2,2-3H3/b21-19+. The first-order chi connectivity index (χ1) is 15.8. The van der Waals surface area contributed by atoms with Gasteiger partial charge in [0.05, 0.1) is 35.9 Å². The summed E-state index contributed by atoms with van der Waals surface area (Å²) in [4.78, 5) is 27.4. The third kappa shape index (κ3) is 5.00. The molecule has 2 aromatic carbocycles. The van der Waals surface area contributed by atoms with E-state index in [1.807, 2.05) is 0 Å². The van der Waals surface area contributed by atoms with Gasteiger partial charge in [-0.2, -0.15) is 0 Å². The maximum Gasteiger partial charge on any atom is 0.295 e. The molecule has 1 aliphatic rings. The lowest BCUT2D eigenvalue weighted by Crippen LogP contribution is -2.32. The van der Waals surface area contributed by atoms with E-state index >= 15 is 0 Å². The molecular formula is C24H23Cl2NO6. The predicted octanol–water partition coefficient (Wildman–Crippen LogP) is 4.63. The highest BCUT2D eigenvalue weighted by molar-refractivity contribution is 6.46. The second-order valence-corrected chi connectivity index (χ2v) is 7.97. The predicted molar refractivity (Wildman–Crippen MR) is 126 cm³/mol. The summed E-state index contributed by atoms with van der Waals surface area (Å²) in [6.07, 6.45) is 1.60. The number of halogens is 2. The Morgan fingerprint density at radius 2 is 1.97 bits per heavy atom. The van der Waals surface area contributed by atoms with Crippen molar-refractivity contribution in [2.24, 2.45) is 0 Å². The van der Waals surface area contributed by atoms with Gasteiger partial charge in [0.15, 0.2) is 0 Å². The van der Waals surface area contributed by atoms with Gasteiger partial charge in [0.25, 0.3) is 11.7 Å². The Hall–Kier alpha value is -3.00. The molecular weight excluding hydrogens is 469 g/mol. The molecule has 3 rings (SSSR count). The second kappa shape index (κ2) is 10.7. The summed E-state index contributed by atoms with van der Waals surface area (Å²) in [5.74, 6) is -1.40. The number of methoxy groups -OCH3 is 2. The molecule has 174 valence electrons. The molecule has 1 saturated heterocycles. The van der Waals surface area contributed by atoms with Gasteiger partial charge >= 0.3 is 0 Å². The molecule has 1 heterocycles. The van der Waals surface area contributed by atoms with E-state index in [4.69, 9.17) is 37.4 Å². The summed E-state index contributed by atoms with van der Waals surface area (Å²) in [6.45, 7) is 4.24. The van der Waals surface area contributed by atoms with Gasteiger partial charge in [0.2, 0.25) is 0 Å². The lowest BCUT2D eigenvalue weighted by Gasteiger charge is -2.25. The number of benzene rings is 2. The van der Waals surface area contributed by atoms with Gasteiger partial charge in [-0.05, 0) is 29.8 Å². The molecule has 1 unspecified atom stereocenters. The Kier molecular flexibility index (Phi) is 8.02. The quantitative estimate of drug-likeness (QED) is 0.238. The van der Waals surface area contributed by atoms with E-state index < -0.39 is 23.5 Å². The molecule has 1 amide bonds. The highest BCUT2D eigenvalue weighted by Crippen LogP contribution is 2.43. The van der Waals surface area contributed by atoms with Crippen LogP contribution in [0.4, 0.5) is 0 Å². The van der Waals surface area contributed by atoms with Gasteiger partial charge in [0.1, 0.15) is 23.9 Å². The number of hydrogen-bond donors (Lipinski definition) is 1. The van der Waals surface area contributed by atoms with Crippen molar-refractivity contribution in [1.82, 2.24) is 4.90 Å². The van der Waals surface area contributed by atoms with Crippen LogP contribution in [0.1, 0.15) is 17.2 Å². The maximum atomic E-state index is 13.1. The van der Waals surface area contributed by atoms with Crippen LogP contribution in [0.25, 0.3) is 5.76 Å². The fourth-order valence-corrected chi connectivity index (χ4v) is 4.24. The van der Waals surface area contributed by atoms with Crippen molar-refractivity contribution in [1.29, 1.82) is 0 Å². The molecule has 9 heteroatoms. The van der Waals surface area contributed by atoms with E-state index in [1.54, 1.807) is 30.3 Å². The van der Waals surface area contributed by atoms with Gasteiger partial charge in [-0.15, -0.1) is 0 Å². The van der Waals surface area contributed by atoms with Crippen LogP contribution in [-0.2, 0) is 14.3 Å². The number of ketones is 1. The summed E-state index contributed by atoms with van der Waals surface area (Å²) in [5, 5.41) is 11.6. The van der Waals surface area contributed by atoms with Crippen LogP contribution in [0.15, 0.2) is 54.6 Å². The molecule has 1 N–H and O–H groups in total. The van der Waals surface area contributed by atoms with Gasteiger partial charge < -0.3 is 24.2 Å². The summed E-state index contributed by atoms with van der Waals surface area (Å²) in [7, 11) is 2.87. The molecule has 33 heavy (non-hydrogen) atoms. The first kappa shape index (κ1) is 24.6. The largest absolute Gasteiger partial charge is 0.507 e. The number of aliphatic hydroxyl groups is 1. The highest BCUT2D eigenvalue weighted by atomic mass is 35.5. The van der Waals surface area contributed by atoms with Crippen molar-refractivity contribution < 1.29 is 28.9 Å². The summed E-state index contributed by atoms with van der Waals surface area (Å²) >= 11 is 12.4. The van der Waals surface area contributed by atoms with Crippen molar-refractivity contribution >= 4 is 40.7 Å². The zero-order chi connectivity index (χ0) is 24.1. The molecule has 1 aliphatic heterocycles. The normalized spacial score (nSPS) is 17.3. The number of likely N-dealkylation sites (tertiary alicyclic amines) is 1. The third-order valence-electron chi connectivity index (χ3n) is 5.09. The first-order valence-electron chi connectivity index (χ1n) is 9.98. The van der Waals surface area contributed by atoms with Crippen molar-refractivity contribution in [3.05, 3.63) is 75.8 Å². The molecule has 0 aliphatic carbocycles. The highest BCUT2D eigenvalue weighted by Gasteiger charge is 2.46. The summed E-state index contributed by atoms with van der Waals surface area (Å²) in [5.41, 5.74) is 0.554. The Morgan fingerprint density at radius 3 is 2.64 bits per heavy atom. The minimum Gasteiger partial charge on any atom is -0.507 e. The number of carbonyl (C=O) groups is 2. The minimum atomic E-state index is -0.894. The second-order valence-electron chi connectivity index (χ2n) is 7.13. The molecule has 1 atom stereocenters. The average Bonchev–Trinajstić information content (AvgIpc) is 3.05. The van der Waals surface area contributed by atoms with Crippen molar-refractivity contribution in [2.45, 2.75) is 6.04 Å². The molecule has 0 spiro atoms. The van der Waals surface area contributed by atoms with Gasteiger partial charge in [-0.3, -0.25) is 9.59 Å². The summed E-state index contributed by atoms with van der Waals surface area (Å²) in [6, 6.07) is 8.91. The lowest BCUT2D eigenvalue weighted by atomic mass is 9.95. The monoisotopic (exact) mass is 491 g/mol. The topological polar surface area (TPSA) is 85.3 Å². The maximum absolute atomic E-state index is 13.1. The van der Waals surface area contributed by atoms with Gasteiger partial charge in [-0.25, -0.2) is 0 Å². The van der Waals surface area contributed by atoms with Crippen LogP contribution in [0.2, 0.25) is 10.0 Å². The van der Waals surface area contributed by atoms with E-state index in [0.29, 0.717) is 11.3 Å². The number of Topliss-reactive ketones (excluding diaryl/α,β-unsaturated/α-hetero) is 1. The van der Waals surface area contributed by atoms with Gasteiger partial charge in [-0.1, -0.05) is 48.0 Å². The summed E-state index contributed by atoms with van der Waals surface area (Å²) < 4.78 is 16.1. The number of carbonyl (C=O) groups excluding carboxylic acids is 2. The van der Waals surface area contributed by atoms with Crippen LogP contribution in [0.5, 0.6) is 11.5 Å². The first-order valence-corrected chi connectivity index (χ1v) is 10.7. The third-order valence-corrected chi connectivity index (χ3v) is 5.58. The van der Waals surface area contributed by atoms with Crippen molar-refractivity contribution in [3.63, 3.8) is 0 Å². The number of rotatable bonds is 9. The van der Waals surface area contributed by atoms with Gasteiger partial charge in [0, 0.05) is 18.7 Å². The van der Waals surface area contributed by atoms with Crippen molar-refractivity contribution in [3.8, 4) is 11.5 Å². The molecule has 2 aromatic rings. The van der Waals surface area contributed by atoms with Crippen LogP contribution in [0.3, 0.4) is 0 Å². The molecule has 0 bridgehead atoms. The van der Waals surface area contributed by atoms with Crippen LogP contribution < -0.4 is 9.47 Å². The Balaban J connectivity index is 2.23. The molecule has 7 nitrogen and oxygen atoms in total. The molecule has 0 aromatic heterocycles. The van der Waals surface area contributed by atoms with E-state index in [-0.39, 0.29) is 46.7 Å². The Morgan fingerprint density at radius 1 is 1.21 bits per heavy atom. The molecule has 1 fully saturated rings. The van der Waals surface area contributed by atoms with E-state index in [2.05, 4.69) is 6.58 Å². The zero-order valence-electron chi connectivity index (χ0n) is 18.1. The fourth-order valence-electron chi connectivity index (χ4n) is 3.67. The fraction of sp³-hybridized carbons (Fsp3) is 0.250. The average molecular weight is 492 g/mol. The van der Waals surface area contributed by atoms with Crippen LogP contribution >= 0.6 is 23.2 Å². The number of aliphatic hydroxyl groups excluding tert-OH is 1. The SMILES string of the molecule is C=CCOc1cccc(C2/C(=C(\O)c3cc(Cl)cc(Cl)c3OC)C(=O)C(=O)N2CCOC)c1. The van der Waals surface area contributed by atoms with E-state index in [9.17, 15) is 14.7 Å². The van der Waals surface area contributed by atoms with Crippen molar-refractivity contribution in [2.75, 3.05) is 34.0 Å². The molecule has 0 saturated carbocycles. The molecule has 0 radical (unpaired) electrons.